The van der Waals surface area contributed by atoms with Crippen LogP contribution in [0.4, 0.5) is 5.82 Å². The van der Waals surface area contributed by atoms with Crippen LogP contribution in [0.2, 0.25) is 0 Å². The van der Waals surface area contributed by atoms with E-state index in [4.69, 9.17) is 5.84 Å². The molecule has 1 fully saturated rings. The number of nitrogens with zero attached hydrogens (tertiary/aromatic N) is 1. The zero-order valence-electron chi connectivity index (χ0n) is 10.3. The maximum absolute atomic E-state index is 11.9. The van der Waals surface area contributed by atoms with Gasteiger partial charge >= 0.3 is 0 Å². The van der Waals surface area contributed by atoms with Crippen molar-refractivity contribution in [2.24, 2.45) is 5.84 Å². The summed E-state index contributed by atoms with van der Waals surface area (Å²) in [5.74, 6) is 5.46. The second-order valence-corrected chi connectivity index (χ2v) is 6.82. The number of hydrogen-bond acceptors (Lipinski definition) is 6. The lowest BCUT2D eigenvalue weighted by atomic mass is 10.2. The van der Waals surface area contributed by atoms with Gasteiger partial charge in [0.15, 0.2) is 9.84 Å². The maximum Gasteiger partial charge on any atom is 0.251 e. The van der Waals surface area contributed by atoms with Gasteiger partial charge in [0.25, 0.3) is 5.91 Å². The minimum Gasteiger partial charge on any atom is -0.351 e. The Hall–Kier alpha value is -1.67. The highest BCUT2D eigenvalue weighted by molar-refractivity contribution is 7.92. The number of anilines is 1. The highest BCUT2D eigenvalue weighted by Gasteiger charge is 2.31. The summed E-state index contributed by atoms with van der Waals surface area (Å²) in [5, 5.41) is 2.17. The Balaban J connectivity index is 1.98. The molecular weight excluding hydrogens is 268 g/mol. The van der Waals surface area contributed by atoms with Gasteiger partial charge in [-0.25, -0.2) is 19.2 Å². The first-order chi connectivity index (χ1) is 9.03. The third-order valence-electron chi connectivity index (χ3n) is 3.12. The van der Waals surface area contributed by atoms with E-state index >= 15 is 0 Å². The van der Waals surface area contributed by atoms with Crippen molar-refractivity contribution in [2.75, 3.05) is 17.7 Å². The summed E-state index contributed by atoms with van der Waals surface area (Å²) in [7, 11) is -3.04. The number of carbonyl (C=O) groups is 1. The molecule has 1 amide bonds. The average Bonchev–Trinajstić information content (AvgIpc) is 2.75. The van der Waals surface area contributed by atoms with Crippen molar-refractivity contribution in [1.82, 2.24) is 10.3 Å². The van der Waals surface area contributed by atoms with Crippen molar-refractivity contribution < 1.29 is 13.2 Å². The van der Waals surface area contributed by atoms with Crippen molar-refractivity contribution in [3.63, 3.8) is 0 Å². The number of carbonyl (C=O) groups excluding carboxylic acids is 1. The smallest absolute Gasteiger partial charge is 0.251 e. The van der Waals surface area contributed by atoms with E-state index in [1.54, 1.807) is 6.07 Å². The third kappa shape index (κ3) is 3.21. The van der Waals surface area contributed by atoms with Crippen molar-refractivity contribution in [3.8, 4) is 0 Å². The number of amides is 1. The van der Waals surface area contributed by atoms with Gasteiger partial charge in [-0.2, -0.15) is 0 Å². The molecule has 4 N–H and O–H groups in total. The van der Waals surface area contributed by atoms with Gasteiger partial charge in [-0.1, -0.05) is 0 Å². The quantitative estimate of drug-likeness (QED) is 0.515. The van der Waals surface area contributed by atoms with Crippen LogP contribution in [0.5, 0.6) is 0 Å². The lowest BCUT2D eigenvalue weighted by Crippen LogP contribution is -2.34. The van der Waals surface area contributed by atoms with Crippen LogP contribution in [0, 0.1) is 0 Å². The molecule has 0 bridgehead atoms. The van der Waals surface area contributed by atoms with Gasteiger partial charge < -0.3 is 10.7 Å². The number of sulfone groups is 1. The Bertz CT molecular complexity index is 573. The minimum atomic E-state index is -3.04. The molecule has 7 nitrogen and oxygen atoms in total. The van der Waals surface area contributed by atoms with Crippen molar-refractivity contribution >= 4 is 21.6 Å². The molecule has 0 saturated carbocycles. The van der Waals surface area contributed by atoms with Gasteiger partial charge in [-0.05, 0) is 25.0 Å². The predicted octanol–water partition coefficient (Wildman–Crippen LogP) is -0.326. The Morgan fingerprint density at radius 2 is 2.32 bits per heavy atom. The van der Waals surface area contributed by atoms with Crippen molar-refractivity contribution in [3.05, 3.63) is 23.9 Å². The molecule has 1 saturated heterocycles. The topological polar surface area (TPSA) is 114 Å². The number of nitrogens with two attached hydrogens (primary N) is 1. The van der Waals surface area contributed by atoms with E-state index in [1.165, 1.54) is 12.3 Å². The van der Waals surface area contributed by atoms with Gasteiger partial charge in [0.2, 0.25) is 0 Å². The average molecular weight is 284 g/mol. The van der Waals surface area contributed by atoms with Crippen LogP contribution in [-0.2, 0) is 9.84 Å². The number of aromatic nitrogens is 1. The molecule has 0 spiro atoms. The van der Waals surface area contributed by atoms with Crippen LogP contribution in [0.25, 0.3) is 0 Å². The van der Waals surface area contributed by atoms with E-state index < -0.39 is 15.1 Å². The van der Waals surface area contributed by atoms with E-state index in [0.717, 1.165) is 0 Å². The normalized spacial score (nSPS) is 21.0. The lowest BCUT2D eigenvalue weighted by Gasteiger charge is -2.11. The SMILES string of the molecule is NNc1cc(C(=O)NCC2CCCS2(=O)=O)ccn1. The zero-order chi connectivity index (χ0) is 13.9. The van der Waals surface area contributed by atoms with Crippen LogP contribution < -0.4 is 16.6 Å². The fraction of sp³-hybridized carbons (Fsp3) is 0.455. The predicted molar refractivity (Wildman–Crippen MR) is 71.2 cm³/mol. The Kier molecular flexibility index (Phi) is 4.01. The third-order valence-corrected chi connectivity index (χ3v) is 5.40. The molecule has 104 valence electrons. The largest absolute Gasteiger partial charge is 0.351 e. The van der Waals surface area contributed by atoms with E-state index in [-0.39, 0.29) is 18.2 Å². The van der Waals surface area contributed by atoms with E-state index in [1.807, 2.05) is 0 Å². The summed E-state index contributed by atoms with van der Waals surface area (Å²) in [5.41, 5.74) is 2.73. The summed E-state index contributed by atoms with van der Waals surface area (Å²) in [6.45, 7) is 0.148. The van der Waals surface area contributed by atoms with Crippen molar-refractivity contribution in [1.29, 1.82) is 0 Å². The molecule has 19 heavy (non-hydrogen) atoms. The highest BCUT2D eigenvalue weighted by atomic mass is 32.2. The standard InChI is InChI=1S/C11H16N4O3S/c12-15-10-6-8(3-4-13-10)11(16)14-7-9-2-1-5-19(9,17)18/h3-4,6,9H,1-2,5,7,12H2,(H,13,15)(H,14,16). The van der Waals surface area contributed by atoms with Crippen molar-refractivity contribution in [2.45, 2.75) is 18.1 Å². The number of rotatable bonds is 4. The van der Waals surface area contributed by atoms with Crippen LogP contribution in [0.1, 0.15) is 23.2 Å². The molecule has 0 aromatic carbocycles. The Labute approximate surface area is 111 Å². The minimum absolute atomic E-state index is 0.148. The van der Waals surface area contributed by atoms with E-state index in [9.17, 15) is 13.2 Å². The van der Waals surface area contributed by atoms with E-state index in [0.29, 0.717) is 24.2 Å². The summed E-state index contributed by atoms with van der Waals surface area (Å²) in [6.07, 6.45) is 2.73. The fourth-order valence-corrected chi connectivity index (χ4v) is 3.81. The van der Waals surface area contributed by atoms with Gasteiger partial charge in [-0.3, -0.25) is 4.79 Å². The number of hydrazine groups is 1. The Morgan fingerprint density at radius 1 is 1.53 bits per heavy atom. The van der Waals surface area contributed by atoms with Crippen LogP contribution >= 0.6 is 0 Å². The number of nitrogen functional groups attached to an aromatic ring is 1. The summed E-state index contributed by atoms with van der Waals surface area (Å²) in [6, 6.07) is 3.04. The zero-order valence-corrected chi connectivity index (χ0v) is 11.1. The molecule has 1 atom stereocenters. The van der Waals surface area contributed by atoms with Gasteiger partial charge in [-0.15, -0.1) is 0 Å². The number of nitrogens with one attached hydrogen (secondary N) is 2. The highest BCUT2D eigenvalue weighted by Crippen LogP contribution is 2.19. The molecule has 1 aromatic rings. The molecule has 2 rings (SSSR count). The summed E-state index contributed by atoms with van der Waals surface area (Å²) >= 11 is 0. The summed E-state index contributed by atoms with van der Waals surface area (Å²) in [4.78, 5) is 15.8. The second-order valence-electron chi connectivity index (χ2n) is 4.42. The number of hydrogen-bond donors (Lipinski definition) is 3. The van der Waals surface area contributed by atoms with Gasteiger partial charge in [0.1, 0.15) is 5.82 Å². The fourth-order valence-electron chi connectivity index (χ4n) is 2.05. The van der Waals surface area contributed by atoms with Gasteiger partial charge in [0, 0.05) is 18.3 Å². The first kappa shape index (κ1) is 13.8. The second kappa shape index (κ2) is 5.54. The Morgan fingerprint density at radius 3 is 2.95 bits per heavy atom. The molecule has 2 heterocycles. The van der Waals surface area contributed by atoms with Crippen LogP contribution in [-0.4, -0.2) is 36.9 Å². The molecule has 1 aromatic heterocycles. The first-order valence-corrected chi connectivity index (χ1v) is 7.67. The molecule has 1 aliphatic heterocycles. The molecular formula is C11H16N4O3S. The molecule has 1 unspecified atom stereocenters. The number of pyridine rings is 1. The lowest BCUT2D eigenvalue weighted by molar-refractivity contribution is 0.0953. The van der Waals surface area contributed by atoms with Gasteiger partial charge in [0.05, 0.1) is 11.0 Å². The van der Waals surface area contributed by atoms with E-state index in [2.05, 4.69) is 15.7 Å². The van der Waals surface area contributed by atoms with Crippen LogP contribution in [0.3, 0.4) is 0 Å². The molecule has 8 heteroatoms. The molecule has 0 radical (unpaired) electrons. The molecule has 1 aliphatic rings. The van der Waals surface area contributed by atoms with Crippen LogP contribution in [0.15, 0.2) is 18.3 Å². The first-order valence-electron chi connectivity index (χ1n) is 5.95. The monoisotopic (exact) mass is 284 g/mol. The maximum atomic E-state index is 11.9. The molecule has 0 aliphatic carbocycles. The summed E-state index contributed by atoms with van der Waals surface area (Å²) < 4.78 is 23.2.